The Morgan fingerprint density at radius 1 is 0.957 bits per heavy atom. The molecule has 1 aliphatic rings. The zero-order valence-electron chi connectivity index (χ0n) is 12.9. The average molecular weight is 406 g/mol. The van der Waals surface area contributed by atoms with Crippen LogP contribution in [0, 0.1) is 0 Å². The fraction of sp³-hybridized carbons (Fsp3) is 0.684. The first-order chi connectivity index (χ1) is 8.82. The molecule has 4 heteroatoms. The van der Waals surface area contributed by atoms with Crippen molar-refractivity contribution in [3.8, 4) is 0 Å². The fourth-order valence-corrected chi connectivity index (χ4v) is 2.04. The second-order valence-electron chi connectivity index (χ2n) is 5.74. The molecule has 1 nitrogen and oxygen atoms in total. The maximum absolute atomic E-state index is 12.5. The predicted octanol–water partition coefficient (Wildman–Crippen LogP) is 6.45. The second-order valence-corrected chi connectivity index (χ2v) is 5.74. The van der Waals surface area contributed by atoms with Crippen molar-refractivity contribution in [2.75, 3.05) is 13.1 Å². The Morgan fingerprint density at radius 2 is 1.43 bits per heavy atom. The number of alkyl halides is 2. The molecule has 0 unspecified atom stereocenters. The van der Waals surface area contributed by atoms with Gasteiger partial charge in [0.05, 0.1) is 6.54 Å². The van der Waals surface area contributed by atoms with Gasteiger partial charge in [-0.3, -0.25) is 4.90 Å². The molecule has 23 heavy (non-hydrogen) atoms. The second kappa shape index (κ2) is 14.5. The van der Waals surface area contributed by atoms with Gasteiger partial charge < -0.3 is 0 Å². The van der Waals surface area contributed by atoms with Crippen molar-refractivity contribution < 1.29 is 41.5 Å². The summed E-state index contributed by atoms with van der Waals surface area (Å²) >= 11 is 0. The molecule has 0 aromatic heterocycles. The van der Waals surface area contributed by atoms with E-state index < -0.39 is 5.92 Å². The van der Waals surface area contributed by atoms with Crippen LogP contribution >= 0.6 is 0 Å². The molecule has 135 valence electrons. The summed E-state index contributed by atoms with van der Waals surface area (Å²) in [4.78, 5) is 1.81. The zero-order chi connectivity index (χ0) is 14.5. The number of hydrogen-bond donors (Lipinski definition) is 0. The number of halogens is 2. The molecule has 0 amide bonds. The smallest absolute Gasteiger partial charge is 0.261 e. The van der Waals surface area contributed by atoms with Crippen LogP contribution in [0.1, 0.15) is 67.9 Å². The van der Waals surface area contributed by atoms with Gasteiger partial charge in [-0.1, -0.05) is 66.5 Å². The molecule has 0 bridgehead atoms. The summed E-state index contributed by atoms with van der Waals surface area (Å²) < 4.78 is 25.0. The third-order valence-corrected chi connectivity index (χ3v) is 3.40. The van der Waals surface area contributed by atoms with Crippen LogP contribution in [0.3, 0.4) is 0 Å². The van der Waals surface area contributed by atoms with Gasteiger partial charge >= 0.3 is 0 Å². The minimum Gasteiger partial charge on any atom is -0.295 e. The first-order valence-corrected chi connectivity index (χ1v) is 6.98. The van der Waals surface area contributed by atoms with Gasteiger partial charge in [0.1, 0.15) is 0 Å². The quantitative estimate of drug-likeness (QED) is 0.545. The van der Waals surface area contributed by atoms with Gasteiger partial charge in [0.15, 0.2) is 0 Å². The maximum atomic E-state index is 12.5. The molecule has 0 spiro atoms. The number of nitrogens with zero attached hydrogens (tertiary/aromatic N) is 1. The van der Waals surface area contributed by atoms with Gasteiger partial charge in [0.2, 0.25) is 0 Å². The van der Waals surface area contributed by atoms with Crippen molar-refractivity contribution >= 4 is 0 Å². The van der Waals surface area contributed by atoms with Gasteiger partial charge in [-0.15, -0.1) is 0 Å². The van der Waals surface area contributed by atoms with Crippen LogP contribution in [0.2, 0.25) is 0 Å². The Labute approximate surface area is 169 Å². The van der Waals surface area contributed by atoms with Crippen LogP contribution in [-0.4, -0.2) is 30.0 Å². The molecule has 2 rings (SSSR count). The molecular formula is C19H37F2NY. The summed E-state index contributed by atoms with van der Waals surface area (Å²) in [5.74, 6) is -1.77. The van der Waals surface area contributed by atoms with Crippen molar-refractivity contribution in [2.45, 2.75) is 74.3 Å². The molecule has 1 heterocycles. The molecule has 0 N–H and O–H groups in total. The number of likely N-dealkylation sites (tertiary alicyclic amines) is 1. The normalized spacial score (nSPS) is 15.3. The fourth-order valence-electron chi connectivity index (χ4n) is 2.04. The molecule has 1 aliphatic heterocycles. The van der Waals surface area contributed by atoms with Crippen LogP contribution in [-0.2, 0) is 32.7 Å². The van der Waals surface area contributed by atoms with Gasteiger partial charge in [-0.05, 0) is 25.3 Å². The van der Waals surface area contributed by atoms with Crippen molar-refractivity contribution in [2.24, 2.45) is 0 Å². The molecular weight excluding hydrogens is 369 g/mol. The Bertz CT molecular complexity index is 367. The monoisotopic (exact) mass is 406 g/mol. The first-order valence-electron chi connectivity index (χ1n) is 6.98. The molecule has 1 radical (unpaired) electrons. The van der Waals surface area contributed by atoms with Gasteiger partial charge in [0, 0.05) is 51.7 Å². The van der Waals surface area contributed by atoms with Gasteiger partial charge in [0.25, 0.3) is 5.92 Å². The molecule has 1 aromatic carbocycles. The summed E-state index contributed by atoms with van der Waals surface area (Å²) in [5, 5.41) is 0. The molecule has 0 atom stereocenters. The van der Waals surface area contributed by atoms with Crippen LogP contribution in [0.5, 0.6) is 0 Å². The van der Waals surface area contributed by atoms with Gasteiger partial charge in [-0.2, -0.15) is 0 Å². The summed E-state index contributed by atoms with van der Waals surface area (Å²) in [6.45, 7) is 8.79. The predicted molar refractivity (Wildman–Crippen MR) is 97.0 cm³/mol. The average Bonchev–Trinajstić information content (AvgIpc) is 2.72. The van der Waals surface area contributed by atoms with E-state index in [1.165, 1.54) is 5.56 Å². The van der Waals surface area contributed by atoms with Gasteiger partial charge in [-0.25, -0.2) is 8.78 Å². The standard InChI is InChI=1S/C9H12.C7H13F2N.3CH4.Y/c1-8(2)9-6-4-3-5-7-9;1-6(2)10-4-3-7(8,9)5-10;;;;/h3-8H,1-2H3;6H,3-5H2,1-2H3;3*1H4;. The van der Waals surface area contributed by atoms with Crippen molar-refractivity contribution in [1.82, 2.24) is 4.90 Å². The first kappa shape index (κ1) is 31.0. The Kier molecular flexibility index (Phi) is 19.5. The van der Waals surface area contributed by atoms with Crippen LogP contribution in [0.15, 0.2) is 30.3 Å². The minimum atomic E-state index is -2.43. The summed E-state index contributed by atoms with van der Waals surface area (Å²) in [6.07, 6.45) is 0.0329. The van der Waals surface area contributed by atoms with E-state index in [0.29, 0.717) is 12.5 Å². The molecule has 1 fully saturated rings. The molecule has 1 aromatic rings. The summed E-state index contributed by atoms with van der Waals surface area (Å²) in [5.41, 5.74) is 1.41. The third kappa shape index (κ3) is 12.2. The Morgan fingerprint density at radius 3 is 1.65 bits per heavy atom. The van der Waals surface area contributed by atoms with E-state index in [2.05, 4.69) is 38.1 Å². The van der Waals surface area contributed by atoms with Crippen molar-refractivity contribution in [3.05, 3.63) is 35.9 Å². The van der Waals surface area contributed by atoms with E-state index in [4.69, 9.17) is 0 Å². The van der Waals surface area contributed by atoms with Crippen molar-refractivity contribution in [3.63, 3.8) is 0 Å². The maximum Gasteiger partial charge on any atom is 0.261 e. The Balaban J connectivity index is -0.000000134. The summed E-state index contributed by atoms with van der Waals surface area (Å²) in [6, 6.07) is 10.8. The van der Waals surface area contributed by atoms with Crippen LogP contribution < -0.4 is 0 Å². The largest absolute Gasteiger partial charge is 0.295 e. The zero-order valence-corrected chi connectivity index (χ0v) is 15.8. The molecule has 0 saturated carbocycles. The van der Waals surface area contributed by atoms with E-state index in [-0.39, 0.29) is 74.0 Å². The van der Waals surface area contributed by atoms with Crippen molar-refractivity contribution in [1.29, 1.82) is 0 Å². The van der Waals surface area contributed by atoms with E-state index in [0.717, 1.165) is 0 Å². The third-order valence-electron chi connectivity index (χ3n) is 3.40. The topological polar surface area (TPSA) is 3.24 Å². The van der Waals surface area contributed by atoms with E-state index >= 15 is 0 Å². The van der Waals surface area contributed by atoms with E-state index in [1.807, 2.05) is 19.9 Å². The molecule has 1 saturated heterocycles. The van der Waals surface area contributed by atoms with Crippen LogP contribution in [0.4, 0.5) is 8.78 Å². The summed E-state index contributed by atoms with van der Waals surface area (Å²) in [7, 11) is 0. The number of rotatable bonds is 2. The van der Waals surface area contributed by atoms with E-state index in [9.17, 15) is 8.78 Å². The molecule has 0 aliphatic carbocycles. The SMILES string of the molecule is C.C.C.CC(C)N1CCC(F)(F)C1.CC(C)c1ccccc1.[Y]. The minimum absolute atomic E-state index is 0. The van der Waals surface area contributed by atoms with Crippen LogP contribution in [0.25, 0.3) is 0 Å². The number of hydrogen-bond acceptors (Lipinski definition) is 1. The van der Waals surface area contributed by atoms with E-state index in [1.54, 1.807) is 4.90 Å². The number of benzene rings is 1. The Hall–Kier alpha value is 0.144.